The predicted molar refractivity (Wildman–Crippen MR) is 52.3 cm³/mol. The van der Waals surface area contributed by atoms with Crippen LogP contribution in [0, 0.1) is 17.8 Å². The molecule has 0 saturated heterocycles. The fraction of sp³-hybridized carbons (Fsp3) is 0.727. The van der Waals surface area contributed by atoms with Crippen molar-refractivity contribution >= 4 is 5.78 Å². The van der Waals surface area contributed by atoms with Crippen molar-refractivity contribution in [3.05, 3.63) is 12.2 Å². The van der Waals surface area contributed by atoms with E-state index in [2.05, 4.69) is 11.5 Å². The molecule has 0 aromatic heterocycles. The van der Waals surface area contributed by atoms with Gasteiger partial charge in [0.1, 0.15) is 5.78 Å². The van der Waals surface area contributed by atoms with Crippen LogP contribution in [0.15, 0.2) is 12.2 Å². The van der Waals surface area contributed by atoms with Crippen LogP contribution in [0.5, 0.6) is 0 Å². The number of rotatable bonds is 4. The van der Waals surface area contributed by atoms with E-state index < -0.39 is 0 Å². The maximum Gasteiger partial charge on any atom is 0.133 e. The fourth-order valence-electron chi connectivity index (χ4n) is 2.18. The highest BCUT2D eigenvalue weighted by Crippen LogP contribution is 2.40. The summed E-state index contributed by atoms with van der Waals surface area (Å²) in [5.74, 6) is 0.490. The van der Waals surface area contributed by atoms with E-state index in [0.717, 1.165) is 18.4 Å². The number of carbonyl (C=O) groups excluding carboxylic acids is 1. The molecule has 80 valence electrons. The molecule has 0 heterocycles. The zero-order valence-corrected chi connectivity index (χ0v) is 8.75. The van der Waals surface area contributed by atoms with Gasteiger partial charge in [-0.1, -0.05) is 19.1 Å². The minimum Gasteiger partial charge on any atom is -0.300 e. The Morgan fingerprint density at radius 3 is 2.86 bits per heavy atom. The van der Waals surface area contributed by atoms with E-state index in [-0.39, 0.29) is 30.1 Å². The monoisotopic (exact) mass is 200 g/mol. The molecule has 1 aliphatic carbocycles. The van der Waals surface area contributed by atoms with Crippen molar-refractivity contribution in [1.29, 1.82) is 0 Å². The van der Waals surface area contributed by atoms with E-state index in [0.29, 0.717) is 0 Å². The lowest BCUT2D eigenvalue weighted by Gasteiger charge is -2.18. The Labute approximate surface area is 84.0 Å². The lowest BCUT2D eigenvalue weighted by Crippen LogP contribution is -2.18. The summed E-state index contributed by atoms with van der Waals surface area (Å²) < 4.78 is 11.7. The third-order valence-electron chi connectivity index (χ3n) is 3.34. The number of carbonyl (C=O) groups is 1. The smallest absolute Gasteiger partial charge is 0.133 e. The zero-order valence-electron chi connectivity index (χ0n) is 8.75. The molecule has 1 rings (SSSR count). The van der Waals surface area contributed by atoms with E-state index in [1.807, 2.05) is 6.92 Å². The normalized spacial score (nSPS) is 29.2. The molecule has 3 unspecified atom stereocenters. The van der Waals surface area contributed by atoms with Gasteiger partial charge in [-0.05, 0) is 30.2 Å². The van der Waals surface area contributed by atoms with Crippen LogP contribution in [0.25, 0.3) is 0 Å². The Bertz CT molecular complexity index is 237. The molecule has 0 aliphatic heterocycles. The van der Waals surface area contributed by atoms with Gasteiger partial charge in [-0.3, -0.25) is 4.79 Å². The summed E-state index contributed by atoms with van der Waals surface area (Å²) in [6, 6.07) is 0. The third-order valence-corrected chi connectivity index (χ3v) is 3.34. The van der Waals surface area contributed by atoms with Crippen molar-refractivity contribution in [3.8, 4) is 0 Å². The van der Waals surface area contributed by atoms with Crippen LogP contribution in [0.2, 0.25) is 0 Å². The summed E-state index contributed by atoms with van der Waals surface area (Å²) in [7, 11) is 0. The molecule has 0 radical (unpaired) electrons. The fourth-order valence-corrected chi connectivity index (χ4v) is 2.18. The Morgan fingerprint density at radius 2 is 2.36 bits per heavy atom. The molecule has 3 heteroatoms. The van der Waals surface area contributed by atoms with Crippen LogP contribution in [0.4, 0.5) is 4.53 Å². The molecular weight excluding hydrogens is 183 g/mol. The predicted octanol–water partition coefficient (Wildman–Crippen LogP) is 2.70. The Hall–Kier alpha value is -0.700. The van der Waals surface area contributed by atoms with Gasteiger partial charge in [0, 0.05) is 11.8 Å². The van der Waals surface area contributed by atoms with Gasteiger partial charge < -0.3 is 0 Å². The standard InChI is InChI=1S/C11H17FO2/c1-7(9(3)13)11-5-4-10(6-14-12)8(11)2/h7,10-11H,2,4-6H2,1,3H3. The van der Waals surface area contributed by atoms with Gasteiger partial charge in [0.25, 0.3) is 0 Å². The highest BCUT2D eigenvalue weighted by atomic mass is 19.3. The van der Waals surface area contributed by atoms with E-state index in [4.69, 9.17) is 0 Å². The van der Waals surface area contributed by atoms with Crippen molar-refractivity contribution in [3.63, 3.8) is 0 Å². The van der Waals surface area contributed by atoms with Crippen LogP contribution < -0.4 is 0 Å². The summed E-state index contributed by atoms with van der Waals surface area (Å²) in [4.78, 5) is 14.8. The lowest BCUT2D eigenvalue weighted by atomic mass is 9.86. The van der Waals surface area contributed by atoms with Crippen molar-refractivity contribution < 1.29 is 14.3 Å². The minimum absolute atomic E-state index is 0.00658. The molecule has 3 atom stereocenters. The first-order valence-corrected chi connectivity index (χ1v) is 5.00. The minimum atomic E-state index is 0.00658. The highest BCUT2D eigenvalue weighted by molar-refractivity contribution is 5.78. The van der Waals surface area contributed by atoms with Crippen LogP contribution >= 0.6 is 0 Å². The molecule has 1 saturated carbocycles. The number of ketones is 1. The Balaban J connectivity index is 2.59. The summed E-state index contributed by atoms with van der Waals surface area (Å²) in [5.41, 5.74) is 0.977. The van der Waals surface area contributed by atoms with Gasteiger partial charge >= 0.3 is 0 Å². The average Bonchev–Trinajstić information content (AvgIpc) is 2.48. The largest absolute Gasteiger partial charge is 0.300 e. The molecule has 0 amide bonds. The molecule has 2 nitrogen and oxygen atoms in total. The third kappa shape index (κ3) is 2.21. The number of Topliss-reactive ketones (excluding diaryl/α,β-unsaturated/α-hetero) is 1. The molecule has 0 spiro atoms. The summed E-state index contributed by atoms with van der Waals surface area (Å²) in [6.45, 7) is 7.53. The van der Waals surface area contributed by atoms with E-state index in [1.54, 1.807) is 6.92 Å². The van der Waals surface area contributed by atoms with Gasteiger partial charge in [0.2, 0.25) is 0 Å². The molecule has 0 N–H and O–H groups in total. The second-order valence-corrected chi connectivity index (χ2v) is 4.13. The van der Waals surface area contributed by atoms with E-state index >= 15 is 0 Å². The van der Waals surface area contributed by atoms with Gasteiger partial charge in [-0.15, -0.1) is 0 Å². The SMILES string of the molecule is C=C1C(COF)CCC1C(C)C(C)=O. The first kappa shape index (κ1) is 11.4. The molecule has 1 aliphatic rings. The molecule has 0 bridgehead atoms. The number of hydrogen-bond donors (Lipinski definition) is 0. The zero-order chi connectivity index (χ0) is 10.7. The first-order valence-electron chi connectivity index (χ1n) is 5.00. The molecule has 14 heavy (non-hydrogen) atoms. The summed E-state index contributed by atoms with van der Waals surface area (Å²) in [6.07, 6.45) is 1.80. The van der Waals surface area contributed by atoms with Crippen LogP contribution in [0.3, 0.4) is 0 Å². The van der Waals surface area contributed by atoms with E-state index in [1.165, 1.54) is 0 Å². The number of hydrogen-bond acceptors (Lipinski definition) is 2. The molecule has 1 fully saturated rings. The van der Waals surface area contributed by atoms with Crippen molar-refractivity contribution in [2.45, 2.75) is 26.7 Å². The first-order chi connectivity index (χ1) is 6.57. The summed E-state index contributed by atoms with van der Waals surface area (Å²) in [5, 5.41) is 0. The Morgan fingerprint density at radius 1 is 1.71 bits per heavy atom. The summed E-state index contributed by atoms with van der Waals surface area (Å²) >= 11 is 0. The van der Waals surface area contributed by atoms with Gasteiger partial charge in [-0.25, -0.2) is 0 Å². The second-order valence-electron chi connectivity index (χ2n) is 4.13. The van der Waals surface area contributed by atoms with Crippen molar-refractivity contribution in [2.24, 2.45) is 17.8 Å². The molecule has 0 aromatic carbocycles. The molecular formula is C11H17FO2. The highest BCUT2D eigenvalue weighted by Gasteiger charge is 2.34. The topological polar surface area (TPSA) is 26.3 Å². The van der Waals surface area contributed by atoms with Gasteiger partial charge in [0.15, 0.2) is 0 Å². The van der Waals surface area contributed by atoms with Crippen LogP contribution in [0.1, 0.15) is 26.7 Å². The van der Waals surface area contributed by atoms with Crippen molar-refractivity contribution in [1.82, 2.24) is 0 Å². The average molecular weight is 200 g/mol. The quantitative estimate of drug-likeness (QED) is 0.652. The number of halogens is 1. The van der Waals surface area contributed by atoms with Gasteiger partial charge in [0.05, 0.1) is 6.61 Å². The van der Waals surface area contributed by atoms with Crippen LogP contribution in [-0.4, -0.2) is 12.4 Å². The lowest BCUT2D eigenvalue weighted by molar-refractivity contribution is -0.141. The maximum atomic E-state index is 11.7. The second kappa shape index (κ2) is 4.69. The molecule has 0 aromatic rings. The van der Waals surface area contributed by atoms with E-state index in [9.17, 15) is 9.32 Å². The van der Waals surface area contributed by atoms with Crippen molar-refractivity contribution in [2.75, 3.05) is 6.61 Å². The Kier molecular flexibility index (Phi) is 3.81. The van der Waals surface area contributed by atoms with Gasteiger partial charge in [-0.2, -0.15) is 4.94 Å². The maximum absolute atomic E-state index is 11.7. The van der Waals surface area contributed by atoms with Crippen LogP contribution in [-0.2, 0) is 9.74 Å².